The molecule has 5 heteroatoms. The first-order valence-electron chi connectivity index (χ1n) is 5.41. The molecule has 0 radical (unpaired) electrons. The molecule has 0 saturated carbocycles. The topological polar surface area (TPSA) is 59.0 Å². The van der Waals surface area contributed by atoms with Gasteiger partial charge in [-0.1, -0.05) is 0 Å². The summed E-state index contributed by atoms with van der Waals surface area (Å²) in [5.74, 6) is -0.00444. The Bertz CT molecular complexity index is 227. The van der Waals surface area contributed by atoms with E-state index < -0.39 is 0 Å². The summed E-state index contributed by atoms with van der Waals surface area (Å²) < 4.78 is 10.6. The van der Waals surface area contributed by atoms with Gasteiger partial charge in [-0.3, -0.25) is 4.79 Å². The average molecular weight is 215 g/mol. The molecule has 2 atom stereocenters. The van der Waals surface area contributed by atoms with Crippen LogP contribution in [0, 0.1) is 0 Å². The fourth-order valence-corrected chi connectivity index (χ4v) is 2.00. The van der Waals surface area contributed by atoms with E-state index in [0.717, 1.165) is 19.4 Å². The van der Waals surface area contributed by atoms with Gasteiger partial charge in [-0.2, -0.15) is 0 Å². The van der Waals surface area contributed by atoms with Gasteiger partial charge in [-0.05, 0) is 12.8 Å². The van der Waals surface area contributed by atoms with Gasteiger partial charge in [0.25, 0.3) is 0 Å². The summed E-state index contributed by atoms with van der Waals surface area (Å²) in [6, 6.07) is 0. The zero-order chi connectivity index (χ0) is 10.7. The molecule has 0 bridgehead atoms. The summed E-state index contributed by atoms with van der Waals surface area (Å²) in [4.78, 5) is 13.2. The third-order valence-corrected chi connectivity index (χ3v) is 2.87. The van der Waals surface area contributed by atoms with Crippen LogP contribution < -0.4 is 0 Å². The van der Waals surface area contributed by atoms with Crippen LogP contribution in [0.4, 0.5) is 0 Å². The maximum absolute atomic E-state index is 11.5. The number of carbonyl (C=O) groups is 1. The molecule has 0 spiro atoms. The Morgan fingerprint density at radius 1 is 1.40 bits per heavy atom. The van der Waals surface area contributed by atoms with Gasteiger partial charge in [-0.25, -0.2) is 0 Å². The number of hydrogen-bond donors (Lipinski definition) is 1. The number of nitrogens with zero attached hydrogens (tertiary/aromatic N) is 1. The lowest BCUT2D eigenvalue weighted by Gasteiger charge is -2.33. The van der Waals surface area contributed by atoms with E-state index in [9.17, 15) is 4.79 Å². The summed E-state index contributed by atoms with van der Waals surface area (Å²) >= 11 is 0. The Morgan fingerprint density at radius 2 is 2.27 bits per heavy atom. The molecule has 2 unspecified atom stereocenters. The standard InChI is InChI=1S/C10H17NO4/c12-6-9-5-11(10(13)7-15-9)4-8-2-1-3-14-8/h8-9,12H,1-7H2. The second kappa shape index (κ2) is 4.92. The summed E-state index contributed by atoms with van der Waals surface area (Å²) in [5.41, 5.74) is 0. The van der Waals surface area contributed by atoms with Crippen LogP contribution in [0.25, 0.3) is 0 Å². The SMILES string of the molecule is O=C1COC(CO)CN1CC1CCCO1. The number of carbonyl (C=O) groups excluding carboxylic acids is 1. The molecule has 2 aliphatic rings. The van der Waals surface area contributed by atoms with Crippen molar-refractivity contribution < 1.29 is 19.4 Å². The molecule has 2 fully saturated rings. The van der Waals surface area contributed by atoms with Crippen molar-refractivity contribution in [1.29, 1.82) is 0 Å². The summed E-state index contributed by atoms with van der Waals surface area (Å²) in [6.07, 6.45) is 2.04. The van der Waals surface area contributed by atoms with E-state index in [1.54, 1.807) is 4.90 Å². The van der Waals surface area contributed by atoms with E-state index in [0.29, 0.717) is 13.1 Å². The van der Waals surface area contributed by atoms with Gasteiger partial charge in [0.2, 0.25) is 5.91 Å². The fraction of sp³-hybridized carbons (Fsp3) is 0.900. The molecular formula is C10H17NO4. The van der Waals surface area contributed by atoms with Crippen molar-refractivity contribution in [3.63, 3.8) is 0 Å². The molecule has 0 aromatic heterocycles. The predicted molar refractivity (Wildman–Crippen MR) is 52.4 cm³/mol. The molecule has 2 heterocycles. The van der Waals surface area contributed by atoms with Crippen LogP contribution >= 0.6 is 0 Å². The van der Waals surface area contributed by atoms with Gasteiger partial charge in [0, 0.05) is 19.7 Å². The molecule has 0 aromatic rings. The molecule has 86 valence electrons. The van der Waals surface area contributed by atoms with Gasteiger partial charge in [0.1, 0.15) is 6.61 Å². The Labute approximate surface area is 89.0 Å². The van der Waals surface area contributed by atoms with Crippen LogP contribution in [0.1, 0.15) is 12.8 Å². The maximum atomic E-state index is 11.5. The number of aliphatic hydroxyl groups is 1. The monoisotopic (exact) mass is 215 g/mol. The third kappa shape index (κ3) is 2.68. The van der Waals surface area contributed by atoms with Gasteiger partial charge >= 0.3 is 0 Å². The van der Waals surface area contributed by atoms with Crippen molar-refractivity contribution in [2.24, 2.45) is 0 Å². The Balaban J connectivity index is 1.85. The van der Waals surface area contributed by atoms with Crippen LogP contribution in [-0.2, 0) is 14.3 Å². The van der Waals surface area contributed by atoms with Crippen molar-refractivity contribution in [3.05, 3.63) is 0 Å². The lowest BCUT2D eigenvalue weighted by atomic mass is 10.2. The van der Waals surface area contributed by atoms with Crippen LogP contribution in [0.3, 0.4) is 0 Å². The first kappa shape index (κ1) is 10.9. The number of hydrogen-bond acceptors (Lipinski definition) is 4. The number of ether oxygens (including phenoxy) is 2. The number of rotatable bonds is 3. The van der Waals surface area contributed by atoms with E-state index >= 15 is 0 Å². The minimum Gasteiger partial charge on any atom is -0.394 e. The van der Waals surface area contributed by atoms with Gasteiger partial charge < -0.3 is 19.5 Å². The predicted octanol–water partition coefficient (Wildman–Crippen LogP) is -0.615. The first-order valence-corrected chi connectivity index (χ1v) is 5.41. The molecular weight excluding hydrogens is 198 g/mol. The number of amides is 1. The lowest BCUT2D eigenvalue weighted by Crippen LogP contribution is -2.50. The molecule has 2 rings (SSSR count). The molecule has 2 aliphatic heterocycles. The largest absolute Gasteiger partial charge is 0.394 e. The third-order valence-electron chi connectivity index (χ3n) is 2.87. The van der Waals surface area contributed by atoms with Crippen LogP contribution in [0.5, 0.6) is 0 Å². The van der Waals surface area contributed by atoms with Crippen molar-refractivity contribution in [3.8, 4) is 0 Å². The minimum atomic E-state index is -0.232. The highest BCUT2D eigenvalue weighted by Crippen LogP contribution is 2.15. The van der Waals surface area contributed by atoms with Gasteiger partial charge in [0.15, 0.2) is 0 Å². The van der Waals surface area contributed by atoms with Crippen molar-refractivity contribution >= 4 is 5.91 Å². The smallest absolute Gasteiger partial charge is 0.248 e. The van der Waals surface area contributed by atoms with Crippen LogP contribution in [0.2, 0.25) is 0 Å². The normalized spacial score (nSPS) is 32.3. The number of morpholine rings is 1. The molecule has 2 saturated heterocycles. The molecule has 15 heavy (non-hydrogen) atoms. The second-order valence-corrected chi connectivity index (χ2v) is 4.05. The van der Waals surface area contributed by atoms with Crippen molar-refractivity contribution in [2.75, 3.05) is 32.9 Å². The Morgan fingerprint density at radius 3 is 2.93 bits per heavy atom. The second-order valence-electron chi connectivity index (χ2n) is 4.05. The molecule has 1 N–H and O–H groups in total. The lowest BCUT2D eigenvalue weighted by molar-refractivity contribution is -0.153. The van der Waals surface area contributed by atoms with Crippen LogP contribution in [0.15, 0.2) is 0 Å². The quantitative estimate of drug-likeness (QED) is 0.682. The molecule has 1 amide bonds. The summed E-state index contributed by atoms with van der Waals surface area (Å²) in [5, 5.41) is 8.96. The highest BCUT2D eigenvalue weighted by Gasteiger charge is 2.28. The highest BCUT2D eigenvalue weighted by molar-refractivity contribution is 5.78. The first-order chi connectivity index (χ1) is 7.29. The van der Waals surface area contributed by atoms with E-state index in [4.69, 9.17) is 14.6 Å². The molecule has 0 aliphatic carbocycles. The van der Waals surface area contributed by atoms with E-state index in [1.807, 2.05) is 0 Å². The zero-order valence-corrected chi connectivity index (χ0v) is 8.72. The fourth-order valence-electron chi connectivity index (χ4n) is 2.00. The summed E-state index contributed by atoms with van der Waals surface area (Å²) in [6.45, 7) is 1.97. The molecule has 5 nitrogen and oxygen atoms in total. The van der Waals surface area contributed by atoms with Gasteiger partial charge in [-0.15, -0.1) is 0 Å². The minimum absolute atomic E-state index is 0.00444. The van der Waals surface area contributed by atoms with Crippen molar-refractivity contribution in [1.82, 2.24) is 4.90 Å². The Kier molecular flexibility index (Phi) is 3.56. The maximum Gasteiger partial charge on any atom is 0.248 e. The molecule has 0 aromatic carbocycles. The summed E-state index contributed by atoms with van der Waals surface area (Å²) in [7, 11) is 0. The Hall–Kier alpha value is -0.650. The van der Waals surface area contributed by atoms with Crippen molar-refractivity contribution in [2.45, 2.75) is 25.0 Å². The van der Waals surface area contributed by atoms with E-state index in [2.05, 4.69) is 0 Å². The number of aliphatic hydroxyl groups excluding tert-OH is 1. The van der Waals surface area contributed by atoms with E-state index in [-0.39, 0.29) is 31.3 Å². The van der Waals surface area contributed by atoms with Gasteiger partial charge in [0.05, 0.1) is 18.8 Å². The average Bonchev–Trinajstić information content (AvgIpc) is 2.74. The highest BCUT2D eigenvalue weighted by atomic mass is 16.5. The zero-order valence-electron chi connectivity index (χ0n) is 8.72. The van der Waals surface area contributed by atoms with Crippen LogP contribution in [-0.4, -0.2) is 61.0 Å². The van der Waals surface area contributed by atoms with E-state index in [1.165, 1.54) is 0 Å².